The highest BCUT2D eigenvalue weighted by molar-refractivity contribution is 5.94. The standard InChI is InChI=1S/C16H16O3/c1-16(15(18)19)8-4-7-11-10-5-2-3-6-12(10)14(17)9-13(11)16/h2-3,5-6,9,17H,4,7-8H2,1H3,(H,18,19). The van der Waals surface area contributed by atoms with E-state index in [9.17, 15) is 15.0 Å². The normalized spacial score (nSPS) is 22.2. The average molecular weight is 256 g/mol. The molecule has 0 saturated carbocycles. The fraction of sp³-hybridized carbons (Fsp3) is 0.312. The van der Waals surface area contributed by atoms with Gasteiger partial charge in [-0.05, 0) is 48.8 Å². The van der Waals surface area contributed by atoms with Crippen molar-refractivity contribution in [3.05, 3.63) is 41.5 Å². The van der Waals surface area contributed by atoms with Gasteiger partial charge in [0.25, 0.3) is 0 Å². The van der Waals surface area contributed by atoms with Gasteiger partial charge in [-0.15, -0.1) is 0 Å². The largest absolute Gasteiger partial charge is 0.507 e. The molecule has 1 aliphatic rings. The lowest BCUT2D eigenvalue weighted by Gasteiger charge is -2.33. The number of benzene rings is 2. The Morgan fingerprint density at radius 1 is 1.26 bits per heavy atom. The lowest BCUT2D eigenvalue weighted by Crippen LogP contribution is -2.36. The van der Waals surface area contributed by atoms with Gasteiger partial charge in [0.05, 0.1) is 5.41 Å². The minimum Gasteiger partial charge on any atom is -0.507 e. The minimum atomic E-state index is -0.894. The number of hydrogen-bond acceptors (Lipinski definition) is 2. The molecule has 1 aliphatic carbocycles. The number of hydrogen-bond donors (Lipinski definition) is 2. The first kappa shape index (κ1) is 12.0. The van der Waals surface area contributed by atoms with Crippen molar-refractivity contribution in [2.75, 3.05) is 0 Å². The van der Waals surface area contributed by atoms with Crippen molar-refractivity contribution in [2.24, 2.45) is 0 Å². The molecule has 98 valence electrons. The average Bonchev–Trinajstić information content (AvgIpc) is 2.40. The number of aromatic hydroxyl groups is 1. The summed E-state index contributed by atoms with van der Waals surface area (Å²) in [5.41, 5.74) is 0.946. The Bertz CT molecular complexity index is 675. The minimum absolute atomic E-state index is 0.170. The van der Waals surface area contributed by atoms with Crippen molar-refractivity contribution in [3.63, 3.8) is 0 Å². The SMILES string of the molecule is CC1(C(=O)O)CCCc2c1cc(O)c1ccccc21. The zero-order valence-corrected chi connectivity index (χ0v) is 10.8. The van der Waals surface area contributed by atoms with Crippen LogP contribution in [0.5, 0.6) is 5.75 Å². The maximum absolute atomic E-state index is 11.6. The van der Waals surface area contributed by atoms with Gasteiger partial charge in [-0.1, -0.05) is 24.3 Å². The molecule has 3 heteroatoms. The first-order valence-corrected chi connectivity index (χ1v) is 6.51. The highest BCUT2D eigenvalue weighted by atomic mass is 16.4. The Hall–Kier alpha value is -2.03. The van der Waals surface area contributed by atoms with Crippen LogP contribution in [0.15, 0.2) is 30.3 Å². The van der Waals surface area contributed by atoms with Crippen molar-refractivity contribution in [2.45, 2.75) is 31.6 Å². The van der Waals surface area contributed by atoms with Crippen molar-refractivity contribution in [1.29, 1.82) is 0 Å². The van der Waals surface area contributed by atoms with Crippen molar-refractivity contribution < 1.29 is 15.0 Å². The highest BCUT2D eigenvalue weighted by Crippen LogP contribution is 2.43. The number of rotatable bonds is 1. The van der Waals surface area contributed by atoms with Gasteiger partial charge >= 0.3 is 5.97 Å². The molecule has 3 rings (SSSR count). The van der Waals surface area contributed by atoms with Crippen LogP contribution in [0, 0.1) is 0 Å². The molecule has 1 atom stereocenters. The Balaban J connectivity index is 2.38. The summed E-state index contributed by atoms with van der Waals surface area (Å²) in [6.07, 6.45) is 2.36. The molecule has 0 aromatic heterocycles. The Morgan fingerprint density at radius 2 is 1.95 bits per heavy atom. The summed E-state index contributed by atoms with van der Waals surface area (Å²) in [5, 5.41) is 21.5. The van der Waals surface area contributed by atoms with E-state index in [-0.39, 0.29) is 5.75 Å². The lowest BCUT2D eigenvalue weighted by molar-refractivity contribution is -0.143. The zero-order chi connectivity index (χ0) is 13.6. The highest BCUT2D eigenvalue weighted by Gasteiger charge is 2.40. The van der Waals surface area contributed by atoms with Crippen LogP contribution in [0.4, 0.5) is 0 Å². The molecule has 0 spiro atoms. The van der Waals surface area contributed by atoms with Crippen LogP contribution in [-0.2, 0) is 16.6 Å². The van der Waals surface area contributed by atoms with E-state index >= 15 is 0 Å². The number of phenolic OH excluding ortho intramolecular Hbond substituents is 1. The molecule has 3 nitrogen and oxygen atoms in total. The number of fused-ring (bicyclic) bond motifs is 3. The molecule has 0 amide bonds. The molecule has 0 heterocycles. The fourth-order valence-corrected chi connectivity index (χ4v) is 3.15. The van der Waals surface area contributed by atoms with Gasteiger partial charge in [0.15, 0.2) is 0 Å². The summed E-state index contributed by atoms with van der Waals surface area (Å²) in [5.74, 6) is -0.646. The van der Waals surface area contributed by atoms with E-state index in [1.54, 1.807) is 13.0 Å². The summed E-state index contributed by atoms with van der Waals surface area (Å²) in [7, 11) is 0. The summed E-state index contributed by atoms with van der Waals surface area (Å²) >= 11 is 0. The third-order valence-electron chi connectivity index (χ3n) is 4.30. The molecular weight excluding hydrogens is 240 g/mol. The van der Waals surface area contributed by atoms with E-state index < -0.39 is 11.4 Å². The molecular formula is C16H16O3. The summed E-state index contributed by atoms with van der Waals surface area (Å²) in [6, 6.07) is 9.28. The smallest absolute Gasteiger partial charge is 0.313 e. The third kappa shape index (κ3) is 1.61. The van der Waals surface area contributed by atoms with Gasteiger partial charge in [0.2, 0.25) is 0 Å². The summed E-state index contributed by atoms with van der Waals surface area (Å²) < 4.78 is 0. The van der Waals surface area contributed by atoms with Crippen LogP contribution < -0.4 is 0 Å². The Kier molecular flexibility index (Phi) is 2.52. The molecule has 0 fully saturated rings. The first-order valence-electron chi connectivity index (χ1n) is 6.51. The van der Waals surface area contributed by atoms with Gasteiger partial charge in [-0.25, -0.2) is 0 Å². The van der Waals surface area contributed by atoms with Crippen molar-refractivity contribution >= 4 is 16.7 Å². The van der Waals surface area contributed by atoms with E-state index in [2.05, 4.69) is 0 Å². The Morgan fingerprint density at radius 3 is 2.63 bits per heavy atom. The van der Waals surface area contributed by atoms with Crippen LogP contribution in [0.3, 0.4) is 0 Å². The molecule has 2 aromatic carbocycles. The number of carbonyl (C=O) groups is 1. The predicted octanol–water partition coefficient (Wildman–Crippen LogP) is 3.22. The molecule has 19 heavy (non-hydrogen) atoms. The van der Waals surface area contributed by atoms with Crippen LogP contribution >= 0.6 is 0 Å². The van der Waals surface area contributed by atoms with Crippen LogP contribution in [0.1, 0.15) is 30.9 Å². The van der Waals surface area contributed by atoms with Crippen molar-refractivity contribution in [1.82, 2.24) is 0 Å². The van der Waals surface area contributed by atoms with E-state index in [1.165, 1.54) is 0 Å². The number of phenols is 1. The van der Waals surface area contributed by atoms with Crippen molar-refractivity contribution in [3.8, 4) is 5.75 Å². The second-order valence-corrected chi connectivity index (χ2v) is 5.46. The molecule has 1 unspecified atom stereocenters. The third-order valence-corrected chi connectivity index (χ3v) is 4.30. The number of aliphatic carboxylic acids is 1. The van der Waals surface area contributed by atoms with E-state index in [0.29, 0.717) is 6.42 Å². The molecule has 0 radical (unpaired) electrons. The molecule has 0 aliphatic heterocycles. The van der Waals surface area contributed by atoms with Crippen LogP contribution in [0.2, 0.25) is 0 Å². The van der Waals surface area contributed by atoms with Crippen LogP contribution in [0.25, 0.3) is 10.8 Å². The lowest BCUT2D eigenvalue weighted by atomic mass is 9.70. The van der Waals surface area contributed by atoms with Gasteiger partial charge in [-0.2, -0.15) is 0 Å². The molecule has 2 aromatic rings. The zero-order valence-electron chi connectivity index (χ0n) is 10.8. The first-order chi connectivity index (χ1) is 9.04. The van der Waals surface area contributed by atoms with E-state index in [4.69, 9.17) is 0 Å². The van der Waals surface area contributed by atoms with E-state index in [1.807, 2.05) is 24.3 Å². The monoisotopic (exact) mass is 256 g/mol. The number of carboxylic acids is 1. The number of aryl methyl sites for hydroxylation is 1. The fourth-order valence-electron chi connectivity index (χ4n) is 3.15. The van der Waals surface area contributed by atoms with Gasteiger partial charge in [0, 0.05) is 5.39 Å². The van der Waals surface area contributed by atoms with Gasteiger partial charge < -0.3 is 10.2 Å². The van der Waals surface area contributed by atoms with Gasteiger partial charge in [-0.3, -0.25) is 4.79 Å². The second kappa shape index (κ2) is 3.98. The maximum Gasteiger partial charge on any atom is 0.313 e. The quantitative estimate of drug-likeness (QED) is 0.823. The van der Waals surface area contributed by atoms with Gasteiger partial charge in [0.1, 0.15) is 5.75 Å². The Labute approximate surface area is 111 Å². The summed E-state index contributed by atoms with van der Waals surface area (Å²) in [4.78, 5) is 11.6. The predicted molar refractivity (Wildman–Crippen MR) is 73.5 cm³/mol. The molecule has 2 N–H and O–H groups in total. The second-order valence-electron chi connectivity index (χ2n) is 5.46. The topological polar surface area (TPSA) is 57.5 Å². The molecule has 0 saturated heterocycles. The van der Waals surface area contributed by atoms with E-state index in [0.717, 1.165) is 34.7 Å². The van der Waals surface area contributed by atoms with Crippen LogP contribution in [-0.4, -0.2) is 16.2 Å². The summed E-state index contributed by atoms with van der Waals surface area (Å²) in [6.45, 7) is 1.75. The molecule has 0 bridgehead atoms. The number of carboxylic acid groups (broad SMARTS) is 1. The maximum atomic E-state index is 11.6.